The van der Waals surface area contributed by atoms with Crippen molar-refractivity contribution in [1.82, 2.24) is 15.1 Å². The zero-order valence-electron chi connectivity index (χ0n) is 14.3. The van der Waals surface area contributed by atoms with E-state index in [1.165, 1.54) is 32.1 Å². The van der Waals surface area contributed by atoms with Gasteiger partial charge in [0.1, 0.15) is 0 Å². The lowest BCUT2D eigenvalue weighted by atomic mass is 9.89. The first kappa shape index (κ1) is 17.7. The molecule has 5 nitrogen and oxygen atoms in total. The van der Waals surface area contributed by atoms with E-state index in [-0.39, 0.29) is 5.91 Å². The van der Waals surface area contributed by atoms with E-state index in [1.54, 1.807) is 0 Å². The molecule has 1 saturated carbocycles. The van der Waals surface area contributed by atoms with Gasteiger partial charge in [0.2, 0.25) is 5.91 Å². The summed E-state index contributed by atoms with van der Waals surface area (Å²) in [5, 5.41) is 13.6. The van der Waals surface area contributed by atoms with Gasteiger partial charge in [-0.3, -0.25) is 9.69 Å². The highest BCUT2D eigenvalue weighted by atomic mass is 16.3. The van der Waals surface area contributed by atoms with Gasteiger partial charge in [0.25, 0.3) is 0 Å². The molecule has 0 aromatic rings. The highest BCUT2D eigenvalue weighted by Crippen LogP contribution is 2.23. The number of aliphatic hydroxyl groups is 1. The maximum Gasteiger partial charge on any atom is 0.234 e. The maximum atomic E-state index is 12.1. The monoisotopic (exact) mass is 311 g/mol. The van der Waals surface area contributed by atoms with Crippen molar-refractivity contribution in [2.75, 3.05) is 46.8 Å². The SMILES string of the molecule is CN(C)CC1(O)CCN(CC(=O)NCC2CCCCC2)CC1. The molecule has 0 unspecified atom stereocenters. The van der Waals surface area contributed by atoms with Crippen LogP contribution in [0.2, 0.25) is 0 Å². The predicted molar refractivity (Wildman–Crippen MR) is 88.8 cm³/mol. The minimum atomic E-state index is -0.585. The minimum absolute atomic E-state index is 0.142. The summed E-state index contributed by atoms with van der Waals surface area (Å²) in [6.45, 7) is 3.64. The Morgan fingerprint density at radius 3 is 2.45 bits per heavy atom. The van der Waals surface area contributed by atoms with Gasteiger partial charge in [0.15, 0.2) is 0 Å². The molecule has 2 rings (SSSR count). The summed E-state index contributed by atoms with van der Waals surface area (Å²) in [5.41, 5.74) is -0.585. The normalized spacial score (nSPS) is 23.6. The Kier molecular flexibility index (Phi) is 6.66. The number of carbonyl (C=O) groups excluding carboxylic acids is 1. The van der Waals surface area contributed by atoms with Gasteiger partial charge in [-0.25, -0.2) is 0 Å². The number of nitrogens with one attached hydrogen (secondary N) is 1. The molecule has 0 spiro atoms. The van der Waals surface area contributed by atoms with Crippen LogP contribution in [0.5, 0.6) is 0 Å². The second kappa shape index (κ2) is 8.27. The average Bonchev–Trinajstić information content (AvgIpc) is 2.48. The number of likely N-dealkylation sites (N-methyl/N-ethyl adjacent to an activating group) is 1. The molecule has 1 heterocycles. The first-order valence-corrected chi connectivity index (χ1v) is 8.83. The lowest BCUT2D eigenvalue weighted by Gasteiger charge is -2.39. The van der Waals surface area contributed by atoms with Crippen LogP contribution in [0.3, 0.4) is 0 Å². The lowest BCUT2D eigenvalue weighted by molar-refractivity contribution is -0.124. The Hall–Kier alpha value is -0.650. The van der Waals surface area contributed by atoms with Crippen LogP contribution >= 0.6 is 0 Å². The van der Waals surface area contributed by atoms with E-state index in [2.05, 4.69) is 10.2 Å². The molecule has 0 aromatic carbocycles. The molecule has 1 aliphatic heterocycles. The third kappa shape index (κ3) is 5.86. The van der Waals surface area contributed by atoms with Crippen molar-refractivity contribution in [2.45, 2.75) is 50.5 Å². The number of piperidine rings is 1. The molecule has 2 fully saturated rings. The van der Waals surface area contributed by atoms with Crippen LogP contribution in [0.1, 0.15) is 44.9 Å². The molecule has 1 amide bonds. The van der Waals surface area contributed by atoms with Gasteiger partial charge >= 0.3 is 0 Å². The van der Waals surface area contributed by atoms with E-state index in [1.807, 2.05) is 19.0 Å². The molecular weight excluding hydrogens is 278 g/mol. The predicted octanol–water partition coefficient (Wildman–Crippen LogP) is 1.07. The summed E-state index contributed by atoms with van der Waals surface area (Å²) in [4.78, 5) is 16.3. The van der Waals surface area contributed by atoms with E-state index in [4.69, 9.17) is 0 Å². The van der Waals surface area contributed by atoms with E-state index in [0.29, 0.717) is 19.0 Å². The van der Waals surface area contributed by atoms with Crippen molar-refractivity contribution in [3.8, 4) is 0 Å². The molecule has 0 radical (unpaired) electrons. The van der Waals surface area contributed by atoms with Crippen molar-refractivity contribution in [3.05, 3.63) is 0 Å². The number of amides is 1. The molecule has 0 bridgehead atoms. The molecule has 0 atom stereocenters. The summed E-state index contributed by atoms with van der Waals surface area (Å²) in [5.74, 6) is 0.827. The van der Waals surface area contributed by atoms with Gasteiger partial charge in [0, 0.05) is 26.2 Å². The summed E-state index contributed by atoms with van der Waals surface area (Å²) in [6, 6.07) is 0. The van der Waals surface area contributed by atoms with Crippen LogP contribution in [0.15, 0.2) is 0 Å². The van der Waals surface area contributed by atoms with Crippen molar-refractivity contribution in [1.29, 1.82) is 0 Å². The fourth-order valence-electron chi connectivity index (χ4n) is 3.78. The number of hydrogen-bond donors (Lipinski definition) is 2. The molecule has 0 aromatic heterocycles. The molecule has 1 saturated heterocycles. The molecule has 2 aliphatic rings. The standard InChI is InChI=1S/C17H33N3O2/c1-19(2)14-17(22)8-10-20(11-9-17)13-16(21)18-12-15-6-4-3-5-7-15/h15,22H,3-14H2,1-2H3,(H,18,21). The van der Waals surface area contributed by atoms with Crippen LogP contribution in [-0.2, 0) is 4.79 Å². The van der Waals surface area contributed by atoms with Crippen molar-refractivity contribution < 1.29 is 9.90 Å². The molecule has 5 heteroatoms. The van der Waals surface area contributed by atoms with E-state index >= 15 is 0 Å². The lowest BCUT2D eigenvalue weighted by Crippen LogP contribution is -2.51. The van der Waals surface area contributed by atoms with Gasteiger partial charge in [-0.05, 0) is 45.7 Å². The second-order valence-corrected chi connectivity index (χ2v) is 7.55. The molecule has 22 heavy (non-hydrogen) atoms. The van der Waals surface area contributed by atoms with Gasteiger partial charge < -0.3 is 15.3 Å². The van der Waals surface area contributed by atoms with Crippen LogP contribution < -0.4 is 5.32 Å². The van der Waals surface area contributed by atoms with Crippen molar-refractivity contribution in [2.24, 2.45) is 5.92 Å². The Bertz CT molecular complexity index is 346. The van der Waals surface area contributed by atoms with Gasteiger partial charge in [-0.15, -0.1) is 0 Å². The fourth-order valence-corrected chi connectivity index (χ4v) is 3.78. The zero-order chi connectivity index (χ0) is 16.0. The fraction of sp³-hybridized carbons (Fsp3) is 0.941. The van der Waals surface area contributed by atoms with Crippen LogP contribution in [0.25, 0.3) is 0 Å². The Balaban J connectivity index is 1.63. The van der Waals surface area contributed by atoms with Crippen LogP contribution in [0.4, 0.5) is 0 Å². The number of hydrogen-bond acceptors (Lipinski definition) is 4. The molecular formula is C17H33N3O2. The molecule has 128 valence electrons. The Morgan fingerprint density at radius 1 is 1.23 bits per heavy atom. The maximum absolute atomic E-state index is 12.1. The number of nitrogens with zero attached hydrogens (tertiary/aromatic N) is 2. The van der Waals surface area contributed by atoms with Crippen LogP contribution in [-0.4, -0.2) is 73.2 Å². The number of carbonyl (C=O) groups is 1. The van der Waals surface area contributed by atoms with E-state index < -0.39 is 5.60 Å². The number of rotatable bonds is 6. The topological polar surface area (TPSA) is 55.8 Å². The average molecular weight is 311 g/mol. The van der Waals surface area contributed by atoms with Gasteiger partial charge in [0.05, 0.1) is 12.1 Å². The second-order valence-electron chi connectivity index (χ2n) is 7.55. The third-order valence-electron chi connectivity index (χ3n) is 5.08. The van der Waals surface area contributed by atoms with Crippen LogP contribution in [0, 0.1) is 5.92 Å². The molecule has 1 aliphatic carbocycles. The minimum Gasteiger partial charge on any atom is -0.388 e. The smallest absolute Gasteiger partial charge is 0.234 e. The summed E-state index contributed by atoms with van der Waals surface area (Å²) >= 11 is 0. The highest BCUT2D eigenvalue weighted by Gasteiger charge is 2.33. The van der Waals surface area contributed by atoms with Crippen molar-refractivity contribution >= 4 is 5.91 Å². The van der Waals surface area contributed by atoms with Gasteiger partial charge in [-0.2, -0.15) is 0 Å². The first-order chi connectivity index (χ1) is 10.5. The van der Waals surface area contributed by atoms with E-state index in [9.17, 15) is 9.90 Å². The summed E-state index contributed by atoms with van der Waals surface area (Å²) < 4.78 is 0. The van der Waals surface area contributed by atoms with E-state index in [0.717, 1.165) is 32.5 Å². The third-order valence-corrected chi connectivity index (χ3v) is 5.08. The zero-order valence-corrected chi connectivity index (χ0v) is 14.3. The quantitative estimate of drug-likeness (QED) is 0.770. The first-order valence-electron chi connectivity index (χ1n) is 8.83. The Labute approximate surface area is 135 Å². The van der Waals surface area contributed by atoms with Crippen molar-refractivity contribution in [3.63, 3.8) is 0 Å². The largest absolute Gasteiger partial charge is 0.388 e. The number of likely N-dealkylation sites (tertiary alicyclic amines) is 1. The van der Waals surface area contributed by atoms with Gasteiger partial charge in [-0.1, -0.05) is 19.3 Å². The summed E-state index contributed by atoms with van der Waals surface area (Å²) in [6.07, 6.45) is 8.02. The molecule has 2 N–H and O–H groups in total. The highest BCUT2D eigenvalue weighted by molar-refractivity contribution is 5.78. The Morgan fingerprint density at radius 2 is 1.86 bits per heavy atom. The summed E-state index contributed by atoms with van der Waals surface area (Å²) in [7, 11) is 3.98.